The molecule has 9 heteroatoms. The summed E-state index contributed by atoms with van der Waals surface area (Å²) < 4.78 is 7.82. The third kappa shape index (κ3) is 5.96. The molecule has 1 saturated heterocycles. The Balaban J connectivity index is 1.34. The van der Waals surface area contributed by atoms with E-state index >= 15 is 0 Å². The number of hydrogen-bond donors (Lipinski definition) is 1. The van der Waals surface area contributed by atoms with Crippen LogP contribution in [0.5, 0.6) is 0 Å². The molecule has 2 aliphatic heterocycles. The summed E-state index contributed by atoms with van der Waals surface area (Å²) in [6, 6.07) is 15.6. The lowest BCUT2D eigenvalue weighted by Gasteiger charge is -2.35. The van der Waals surface area contributed by atoms with Crippen LogP contribution in [0.4, 0.5) is 0 Å². The Morgan fingerprint density at radius 2 is 1.95 bits per heavy atom. The van der Waals surface area contributed by atoms with E-state index in [9.17, 15) is 14.4 Å². The van der Waals surface area contributed by atoms with Crippen molar-refractivity contribution in [1.29, 1.82) is 0 Å². The number of nitrogens with zero attached hydrogens (tertiary/aromatic N) is 3. The lowest BCUT2D eigenvalue weighted by molar-refractivity contribution is -0.186. The highest BCUT2D eigenvalue weighted by molar-refractivity contribution is 5.93. The SMILES string of the molecule is CCCN(CC=O)C(=O)C1Cc2c(n(Cc3ccc(C(=O)NOC4CCCCO4)cc3)c3ccccc23)CN1C. The lowest BCUT2D eigenvalue weighted by Crippen LogP contribution is -2.51. The Hall–Kier alpha value is -3.53. The normalized spacial score (nSPS) is 19.2. The predicted octanol–water partition coefficient (Wildman–Crippen LogP) is 3.67. The van der Waals surface area contributed by atoms with E-state index in [0.29, 0.717) is 38.2 Å². The molecule has 1 aromatic heterocycles. The van der Waals surface area contributed by atoms with Crippen LogP contribution in [0.3, 0.4) is 0 Å². The molecule has 2 atom stereocenters. The zero-order chi connectivity index (χ0) is 28.1. The first-order chi connectivity index (χ1) is 19.5. The number of likely N-dealkylation sites (N-methyl/N-ethyl adjacent to an activating group) is 1. The van der Waals surface area contributed by atoms with Gasteiger partial charge in [0.2, 0.25) is 5.91 Å². The molecule has 1 N–H and O–H groups in total. The van der Waals surface area contributed by atoms with Crippen molar-refractivity contribution < 1.29 is 24.0 Å². The van der Waals surface area contributed by atoms with Gasteiger partial charge in [-0.2, -0.15) is 0 Å². The van der Waals surface area contributed by atoms with Gasteiger partial charge in [-0.1, -0.05) is 37.3 Å². The number of benzene rings is 2. The third-order valence-corrected chi connectivity index (χ3v) is 7.89. The Morgan fingerprint density at radius 3 is 2.67 bits per heavy atom. The van der Waals surface area contributed by atoms with Crippen LogP contribution in [0.2, 0.25) is 0 Å². The molecule has 2 aromatic carbocycles. The molecule has 2 unspecified atom stereocenters. The highest BCUT2D eigenvalue weighted by atomic mass is 16.8. The van der Waals surface area contributed by atoms with Gasteiger partial charge in [-0.25, -0.2) is 10.3 Å². The van der Waals surface area contributed by atoms with Gasteiger partial charge in [0, 0.05) is 54.8 Å². The van der Waals surface area contributed by atoms with Crippen molar-refractivity contribution in [2.75, 3.05) is 26.7 Å². The Bertz CT molecular complexity index is 1350. The van der Waals surface area contributed by atoms with Crippen molar-refractivity contribution in [1.82, 2.24) is 19.8 Å². The Morgan fingerprint density at radius 1 is 1.15 bits per heavy atom. The topological polar surface area (TPSA) is 93.1 Å². The second kappa shape index (κ2) is 12.8. The molecule has 0 aliphatic carbocycles. The van der Waals surface area contributed by atoms with Crippen LogP contribution >= 0.6 is 0 Å². The van der Waals surface area contributed by atoms with Crippen molar-refractivity contribution in [3.05, 3.63) is 70.9 Å². The number of rotatable bonds is 10. The fourth-order valence-corrected chi connectivity index (χ4v) is 5.78. The molecule has 9 nitrogen and oxygen atoms in total. The highest BCUT2D eigenvalue weighted by Gasteiger charge is 2.35. The summed E-state index contributed by atoms with van der Waals surface area (Å²) in [7, 11) is 1.98. The molecule has 1 fully saturated rings. The van der Waals surface area contributed by atoms with E-state index in [1.807, 2.05) is 50.4 Å². The van der Waals surface area contributed by atoms with E-state index in [4.69, 9.17) is 9.57 Å². The summed E-state index contributed by atoms with van der Waals surface area (Å²) in [4.78, 5) is 46.4. The number of para-hydroxylation sites is 1. The van der Waals surface area contributed by atoms with Crippen LogP contribution in [0.15, 0.2) is 48.5 Å². The van der Waals surface area contributed by atoms with Crippen molar-refractivity contribution in [2.45, 2.75) is 64.4 Å². The van der Waals surface area contributed by atoms with Crippen molar-refractivity contribution >= 4 is 29.0 Å². The smallest absolute Gasteiger partial charge is 0.274 e. The summed E-state index contributed by atoms with van der Waals surface area (Å²) in [5, 5.41) is 1.15. The standard InChI is InChI=1S/C31H38N4O5/c1-3-15-34(16-17-36)31(38)27-19-25-24-8-4-5-9-26(24)35(28(25)21-33(27)2)20-22-11-13-23(14-12-22)30(37)32-40-29-10-6-7-18-39-29/h4-5,8-9,11-14,17,27,29H,3,6-7,10,15-16,18-21H2,1-2H3,(H,32,37). The van der Waals surface area contributed by atoms with Gasteiger partial charge in [-0.05, 0) is 62.1 Å². The van der Waals surface area contributed by atoms with Crippen molar-refractivity contribution in [2.24, 2.45) is 0 Å². The first kappa shape index (κ1) is 28.0. The first-order valence-electron chi connectivity index (χ1n) is 14.2. The molecule has 0 radical (unpaired) electrons. The minimum absolute atomic E-state index is 0.00632. The number of nitrogens with one attached hydrogen (secondary N) is 1. The lowest BCUT2D eigenvalue weighted by atomic mass is 9.96. The Labute approximate surface area is 235 Å². The molecule has 3 heterocycles. The second-order valence-electron chi connectivity index (χ2n) is 10.7. The molecule has 40 heavy (non-hydrogen) atoms. The Kier molecular flexibility index (Phi) is 8.94. The van der Waals surface area contributed by atoms with Crippen LogP contribution in [0, 0.1) is 0 Å². The number of carbonyl (C=O) groups excluding carboxylic acids is 3. The predicted molar refractivity (Wildman–Crippen MR) is 152 cm³/mol. The molecule has 2 aliphatic rings. The van der Waals surface area contributed by atoms with Gasteiger partial charge in [0.25, 0.3) is 5.91 Å². The summed E-state index contributed by atoms with van der Waals surface area (Å²) in [6.07, 6.45) is 4.64. The molecular weight excluding hydrogens is 508 g/mol. The van der Waals surface area contributed by atoms with Crippen molar-refractivity contribution in [3.8, 4) is 0 Å². The van der Waals surface area contributed by atoms with E-state index in [0.717, 1.165) is 48.4 Å². The van der Waals surface area contributed by atoms with Crippen LogP contribution in [-0.4, -0.2) is 71.5 Å². The van der Waals surface area contributed by atoms with Gasteiger partial charge in [0.15, 0.2) is 6.29 Å². The summed E-state index contributed by atoms with van der Waals surface area (Å²) in [5.74, 6) is -0.291. The fourth-order valence-electron chi connectivity index (χ4n) is 5.78. The monoisotopic (exact) mass is 546 g/mol. The van der Waals surface area contributed by atoms with E-state index in [2.05, 4.69) is 27.1 Å². The summed E-state index contributed by atoms with van der Waals surface area (Å²) in [5.41, 5.74) is 7.60. The number of hydroxylamine groups is 1. The van der Waals surface area contributed by atoms with E-state index < -0.39 is 6.29 Å². The maximum atomic E-state index is 13.4. The maximum Gasteiger partial charge on any atom is 0.274 e. The zero-order valence-electron chi connectivity index (χ0n) is 23.3. The van der Waals surface area contributed by atoms with Crippen molar-refractivity contribution in [3.63, 3.8) is 0 Å². The van der Waals surface area contributed by atoms with E-state index in [-0.39, 0.29) is 24.4 Å². The summed E-state index contributed by atoms with van der Waals surface area (Å²) >= 11 is 0. The van der Waals surface area contributed by atoms with Gasteiger partial charge in [-0.3, -0.25) is 14.5 Å². The quantitative estimate of drug-likeness (QED) is 0.308. The minimum Gasteiger partial charge on any atom is -0.350 e. The number of hydrogen-bond acceptors (Lipinski definition) is 6. The first-order valence-corrected chi connectivity index (χ1v) is 14.2. The molecule has 2 amide bonds. The summed E-state index contributed by atoms with van der Waals surface area (Å²) in [6.45, 7) is 4.63. The van der Waals surface area contributed by atoms with E-state index in [1.54, 1.807) is 4.90 Å². The van der Waals surface area contributed by atoms with Gasteiger partial charge in [0.05, 0.1) is 12.6 Å². The highest BCUT2D eigenvalue weighted by Crippen LogP contribution is 2.33. The molecule has 212 valence electrons. The van der Waals surface area contributed by atoms with Gasteiger partial charge < -0.3 is 19.0 Å². The third-order valence-electron chi connectivity index (χ3n) is 7.89. The average Bonchev–Trinajstić information content (AvgIpc) is 3.28. The largest absolute Gasteiger partial charge is 0.350 e. The fraction of sp³-hybridized carbons (Fsp3) is 0.452. The van der Waals surface area contributed by atoms with Gasteiger partial charge in [0.1, 0.15) is 6.29 Å². The molecule has 3 aromatic rings. The number of fused-ring (bicyclic) bond motifs is 3. The van der Waals surface area contributed by atoms with Gasteiger partial charge in [-0.15, -0.1) is 0 Å². The zero-order valence-corrected chi connectivity index (χ0v) is 23.3. The van der Waals surface area contributed by atoms with Crippen LogP contribution in [0.1, 0.15) is 59.8 Å². The number of aromatic nitrogens is 1. The van der Waals surface area contributed by atoms with E-state index in [1.165, 1.54) is 11.3 Å². The molecule has 0 spiro atoms. The minimum atomic E-state index is -0.391. The van der Waals surface area contributed by atoms with Crippen LogP contribution < -0.4 is 5.48 Å². The molecule has 0 saturated carbocycles. The number of carbonyl (C=O) groups is 3. The molecule has 5 rings (SSSR count). The van der Waals surface area contributed by atoms with Gasteiger partial charge >= 0.3 is 0 Å². The number of amides is 2. The number of ether oxygens (including phenoxy) is 1. The number of aldehydes is 1. The average molecular weight is 547 g/mol. The van der Waals surface area contributed by atoms with Crippen LogP contribution in [0.25, 0.3) is 10.9 Å². The molecule has 0 bridgehead atoms. The maximum absolute atomic E-state index is 13.4. The molecular formula is C31H38N4O5. The second-order valence-corrected chi connectivity index (χ2v) is 10.7. The van der Waals surface area contributed by atoms with Crippen LogP contribution in [-0.2, 0) is 38.7 Å².